The van der Waals surface area contributed by atoms with Crippen LogP contribution in [0.15, 0.2) is 89.8 Å². The van der Waals surface area contributed by atoms with E-state index in [1.165, 1.54) is 35.7 Å². The Bertz CT molecular complexity index is 1540. The molecule has 2 N–H and O–H groups in total. The first-order valence-electron chi connectivity index (χ1n) is 11.6. The van der Waals surface area contributed by atoms with Gasteiger partial charge in [0.2, 0.25) is 0 Å². The SMILES string of the molecule is COC(O)c1cc(-c2ccccc2)ccc1NC(=O)c1ccc(S(=O)(=O)N2CCc3c#cccc32)cc1. The molecule has 37 heavy (non-hydrogen) atoms. The van der Waals surface area contributed by atoms with Crippen LogP contribution < -0.4 is 9.62 Å². The minimum Gasteiger partial charge on any atom is -0.364 e. The van der Waals surface area contributed by atoms with E-state index in [2.05, 4.69) is 17.4 Å². The molecule has 0 saturated heterocycles. The first kappa shape index (κ1) is 24.5. The number of hydrogen-bond acceptors (Lipinski definition) is 5. The number of aliphatic hydroxyl groups is 1. The number of carbonyl (C=O) groups excluding carboxylic acids is 1. The second-order valence-corrected chi connectivity index (χ2v) is 10.4. The van der Waals surface area contributed by atoms with E-state index in [1.807, 2.05) is 36.4 Å². The van der Waals surface area contributed by atoms with Crippen LogP contribution in [0.3, 0.4) is 0 Å². The summed E-state index contributed by atoms with van der Waals surface area (Å²) in [6.07, 6.45) is -0.671. The molecule has 7 nitrogen and oxygen atoms in total. The molecule has 1 aliphatic rings. The lowest BCUT2D eigenvalue weighted by Gasteiger charge is -2.19. The van der Waals surface area contributed by atoms with Crippen LogP contribution in [0.5, 0.6) is 0 Å². The maximum atomic E-state index is 13.2. The van der Waals surface area contributed by atoms with Crippen LogP contribution in [0, 0.1) is 12.1 Å². The van der Waals surface area contributed by atoms with E-state index in [0.29, 0.717) is 29.9 Å². The zero-order chi connectivity index (χ0) is 26.0. The van der Waals surface area contributed by atoms with Gasteiger partial charge in [-0.1, -0.05) is 48.5 Å². The average molecular weight is 513 g/mol. The monoisotopic (exact) mass is 512 g/mol. The molecule has 0 spiro atoms. The van der Waals surface area contributed by atoms with E-state index in [4.69, 9.17) is 4.74 Å². The minimum atomic E-state index is -3.79. The highest BCUT2D eigenvalue weighted by Gasteiger charge is 2.31. The van der Waals surface area contributed by atoms with Crippen LogP contribution in [-0.4, -0.2) is 33.1 Å². The Morgan fingerprint density at radius 3 is 2.51 bits per heavy atom. The fourth-order valence-electron chi connectivity index (χ4n) is 4.34. The number of methoxy groups -OCH3 is 1. The Hall–Kier alpha value is -4.16. The zero-order valence-corrected chi connectivity index (χ0v) is 20.8. The number of anilines is 2. The van der Waals surface area contributed by atoms with Gasteiger partial charge in [0.05, 0.1) is 10.6 Å². The molecule has 1 atom stereocenters. The molecule has 0 fully saturated rings. The lowest BCUT2D eigenvalue weighted by molar-refractivity contribution is -0.0763. The smallest absolute Gasteiger partial charge is 0.264 e. The van der Waals surface area contributed by atoms with E-state index >= 15 is 0 Å². The van der Waals surface area contributed by atoms with Gasteiger partial charge in [-0.3, -0.25) is 9.10 Å². The summed E-state index contributed by atoms with van der Waals surface area (Å²) in [5, 5.41) is 13.2. The Morgan fingerprint density at radius 1 is 1.03 bits per heavy atom. The van der Waals surface area contributed by atoms with Crippen LogP contribution >= 0.6 is 0 Å². The summed E-state index contributed by atoms with van der Waals surface area (Å²) >= 11 is 0. The minimum absolute atomic E-state index is 0.0902. The fraction of sp³-hybridized carbons (Fsp3) is 0.138. The van der Waals surface area contributed by atoms with E-state index in [9.17, 15) is 18.3 Å². The molecule has 1 amide bonds. The van der Waals surface area contributed by atoms with Gasteiger partial charge in [-0.15, -0.1) is 0 Å². The van der Waals surface area contributed by atoms with Gasteiger partial charge in [0.15, 0.2) is 6.29 Å². The Morgan fingerprint density at radius 2 is 1.78 bits per heavy atom. The van der Waals surface area contributed by atoms with Crippen molar-refractivity contribution < 1.29 is 23.1 Å². The molecule has 4 aromatic rings. The molecule has 0 radical (unpaired) electrons. The standard InChI is InChI=1S/C29H24N2O5S/c1-36-29(33)25-19-23(20-7-3-2-4-8-20)13-16-26(25)30-28(32)22-11-14-24(15-12-22)37(34,35)31-18-17-21-9-5-6-10-27(21)31/h2-4,6-8,10-16,19,29,33H,17-18H2,1H3,(H,30,32). The summed E-state index contributed by atoms with van der Waals surface area (Å²) in [6, 6.07) is 29.9. The Kier molecular flexibility index (Phi) is 6.68. The molecule has 186 valence electrons. The van der Waals surface area contributed by atoms with Crippen LogP contribution in [-0.2, 0) is 21.2 Å². The summed E-state index contributed by atoms with van der Waals surface area (Å²) in [6.45, 7) is 0.331. The van der Waals surface area contributed by atoms with Gasteiger partial charge >= 0.3 is 0 Å². The number of amides is 1. The van der Waals surface area contributed by atoms with Crippen molar-refractivity contribution in [2.75, 3.05) is 23.3 Å². The predicted molar refractivity (Wildman–Crippen MR) is 141 cm³/mol. The molecule has 0 bridgehead atoms. The third-order valence-electron chi connectivity index (χ3n) is 6.29. The average Bonchev–Trinajstić information content (AvgIpc) is 3.38. The summed E-state index contributed by atoms with van der Waals surface area (Å²) in [4.78, 5) is 13.1. The van der Waals surface area contributed by atoms with Gasteiger partial charge in [-0.25, -0.2) is 8.42 Å². The molecule has 1 heterocycles. The van der Waals surface area contributed by atoms with Gasteiger partial charge in [0.25, 0.3) is 15.9 Å². The number of rotatable bonds is 7. The molecule has 8 heteroatoms. The van der Waals surface area contributed by atoms with Crippen LogP contribution in [0.1, 0.15) is 27.8 Å². The highest BCUT2D eigenvalue weighted by Crippen LogP contribution is 2.32. The summed E-state index contributed by atoms with van der Waals surface area (Å²) in [5.41, 5.74) is 4.29. The van der Waals surface area contributed by atoms with Gasteiger partial charge in [-0.05, 0) is 59.7 Å². The molecular formula is C29H24N2O5S. The summed E-state index contributed by atoms with van der Waals surface area (Å²) < 4.78 is 32.9. The Labute approximate surface area is 216 Å². The van der Waals surface area contributed by atoms with Gasteiger partial charge in [0, 0.05) is 42.5 Å². The van der Waals surface area contributed by atoms with Crippen molar-refractivity contribution in [2.24, 2.45) is 0 Å². The van der Waals surface area contributed by atoms with Crippen molar-refractivity contribution in [2.45, 2.75) is 17.6 Å². The number of nitrogens with zero attached hydrogens (tertiary/aromatic N) is 1. The number of nitrogens with one attached hydrogen (secondary N) is 1. The number of ether oxygens (including phenoxy) is 1. The first-order valence-corrected chi connectivity index (χ1v) is 13.1. The number of sulfonamides is 1. The van der Waals surface area contributed by atoms with Crippen molar-refractivity contribution in [1.29, 1.82) is 0 Å². The van der Waals surface area contributed by atoms with E-state index in [-0.39, 0.29) is 10.5 Å². The highest BCUT2D eigenvalue weighted by molar-refractivity contribution is 7.92. The van der Waals surface area contributed by atoms with Crippen molar-refractivity contribution in [3.05, 3.63) is 114 Å². The van der Waals surface area contributed by atoms with Crippen LogP contribution in [0.2, 0.25) is 0 Å². The highest BCUT2D eigenvalue weighted by atomic mass is 32.2. The molecule has 4 aromatic carbocycles. The van der Waals surface area contributed by atoms with Crippen molar-refractivity contribution in [3.63, 3.8) is 0 Å². The van der Waals surface area contributed by atoms with E-state index < -0.39 is 22.2 Å². The van der Waals surface area contributed by atoms with E-state index in [1.54, 1.807) is 24.3 Å². The number of fused-ring (bicyclic) bond motifs is 1. The molecule has 0 aliphatic carbocycles. The third kappa shape index (κ3) is 4.80. The van der Waals surface area contributed by atoms with Gasteiger partial charge < -0.3 is 15.2 Å². The molecule has 1 unspecified atom stereocenters. The van der Waals surface area contributed by atoms with Crippen molar-refractivity contribution in [3.8, 4) is 11.1 Å². The second-order valence-electron chi connectivity index (χ2n) is 8.53. The first-order chi connectivity index (χ1) is 17.9. The van der Waals surface area contributed by atoms with E-state index in [0.717, 1.165) is 16.7 Å². The lowest BCUT2D eigenvalue weighted by Crippen LogP contribution is -2.29. The van der Waals surface area contributed by atoms with Gasteiger partial charge in [-0.2, -0.15) is 0 Å². The Balaban J connectivity index is 1.37. The van der Waals surface area contributed by atoms with Gasteiger partial charge in [0.1, 0.15) is 0 Å². The number of hydrogen-bond donors (Lipinski definition) is 2. The molecule has 0 aromatic heterocycles. The molecule has 0 saturated carbocycles. The molecular weight excluding hydrogens is 488 g/mol. The molecule has 5 rings (SSSR count). The predicted octanol–water partition coefficient (Wildman–Crippen LogP) is 4.59. The second kappa shape index (κ2) is 10.1. The zero-order valence-electron chi connectivity index (χ0n) is 20.0. The maximum absolute atomic E-state index is 13.2. The largest absolute Gasteiger partial charge is 0.364 e. The topological polar surface area (TPSA) is 95.9 Å². The third-order valence-corrected chi connectivity index (χ3v) is 8.12. The number of benzene rings is 3. The number of aliphatic hydroxyl groups excluding tert-OH is 1. The maximum Gasteiger partial charge on any atom is 0.264 e. The lowest BCUT2D eigenvalue weighted by atomic mass is 10.0. The quantitative estimate of drug-likeness (QED) is 0.353. The molecule has 1 aliphatic heterocycles. The number of carbonyl (C=O) groups is 1. The normalized spacial score (nSPS) is 13.5. The summed E-state index contributed by atoms with van der Waals surface area (Å²) in [7, 11) is -2.41. The van der Waals surface area contributed by atoms with Crippen molar-refractivity contribution >= 4 is 27.3 Å². The van der Waals surface area contributed by atoms with Crippen molar-refractivity contribution in [1.82, 2.24) is 0 Å². The summed E-state index contributed by atoms with van der Waals surface area (Å²) in [5.74, 6) is -0.447. The fourth-order valence-corrected chi connectivity index (χ4v) is 5.84. The van der Waals surface area contributed by atoms with Crippen LogP contribution in [0.25, 0.3) is 11.1 Å². The van der Waals surface area contributed by atoms with Crippen LogP contribution in [0.4, 0.5) is 11.4 Å².